The van der Waals surface area contributed by atoms with E-state index in [1.807, 2.05) is 30.7 Å². The van der Waals surface area contributed by atoms with Gasteiger partial charge in [0.2, 0.25) is 0 Å². The van der Waals surface area contributed by atoms with Gasteiger partial charge in [-0.15, -0.1) is 0 Å². The lowest BCUT2D eigenvalue weighted by molar-refractivity contribution is -0.193. The SMILES string of the molecule is CS(=O)(=O)c1ccc(N2CCN(c3ccnc4ccc(-c5cn[nH]c5)cc34)CC2)cc1.O=C(O)C(F)(F)F.O=C(O)C(F)(F)F.O=C(O)C(F)(F)F. The van der Waals surface area contributed by atoms with E-state index in [0.717, 1.165) is 53.9 Å². The first-order chi connectivity index (χ1) is 23.8. The molecule has 0 bridgehead atoms. The van der Waals surface area contributed by atoms with Crippen LogP contribution in [0.1, 0.15) is 0 Å². The number of nitrogens with zero attached hydrogens (tertiary/aromatic N) is 4. The van der Waals surface area contributed by atoms with Gasteiger partial charge in [0.05, 0.1) is 16.6 Å². The van der Waals surface area contributed by atoms with E-state index < -0.39 is 46.3 Å². The van der Waals surface area contributed by atoms with Crippen molar-refractivity contribution in [2.24, 2.45) is 0 Å². The number of halogens is 9. The van der Waals surface area contributed by atoms with Crippen LogP contribution in [0.4, 0.5) is 50.9 Å². The van der Waals surface area contributed by atoms with E-state index >= 15 is 0 Å². The summed E-state index contributed by atoms with van der Waals surface area (Å²) in [5, 5.41) is 29.4. The molecule has 284 valence electrons. The van der Waals surface area contributed by atoms with Crippen molar-refractivity contribution in [3.8, 4) is 11.1 Å². The van der Waals surface area contributed by atoms with Crippen molar-refractivity contribution in [2.45, 2.75) is 23.4 Å². The molecule has 0 radical (unpaired) electrons. The number of alkyl halides is 9. The molecule has 2 aromatic heterocycles. The number of rotatable bonds is 4. The van der Waals surface area contributed by atoms with Crippen molar-refractivity contribution < 1.29 is 77.6 Å². The van der Waals surface area contributed by atoms with Gasteiger partial charge >= 0.3 is 36.4 Å². The van der Waals surface area contributed by atoms with Crippen LogP contribution >= 0.6 is 0 Å². The second-order valence-electron chi connectivity index (χ2n) is 10.2. The number of fused-ring (bicyclic) bond motifs is 1. The number of benzene rings is 2. The fourth-order valence-corrected chi connectivity index (χ4v) is 4.74. The summed E-state index contributed by atoms with van der Waals surface area (Å²) in [7, 11) is -3.17. The molecule has 1 aliphatic heterocycles. The minimum absolute atomic E-state index is 0.353. The highest BCUT2D eigenvalue weighted by Crippen LogP contribution is 2.31. The summed E-state index contributed by atoms with van der Waals surface area (Å²) in [6, 6.07) is 15.5. The largest absolute Gasteiger partial charge is 0.490 e. The summed E-state index contributed by atoms with van der Waals surface area (Å²) < 4.78 is 119. The molecule has 23 heteroatoms. The molecule has 1 saturated heterocycles. The maximum atomic E-state index is 11.7. The van der Waals surface area contributed by atoms with E-state index in [1.165, 1.54) is 11.9 Å². The number of aliphatic carboxylic acids is 3. The Hall–Kier alpha value is -5.61. The van der Waals surface area contributed by atoms with Gasteiger partial charge in [-0.25, -0.2) is 22.8 Å². The molecule has 52 heavy (non-hydrogen) atoms. The number of hydrogen-bond donors (Lipinski definition) is 4. The van der Waals surface area contributed by atoms with Crippen LogP contribution in [0.15, 0.2) is 72.0 Å². The van der Waals surface area contributed by atoms with E-state index in [4.69, 9.17) is 29.7 Å². The van der Waals surface area contributed by atoms with Crippen LogP contribution in [-0.2, 0) is 24.2 Å². The Balaban J connectivity index is 0.000000365. The van der Waals surface area contributed by atoms with Gasteiger partial charge in [-0.05, 0) is 48.0 Å². The number of carboxylic acid groups (broad SMARTS) is 3. The van der Waals surface area contributed by atoms with Crippen molar-refractivity contribution in [3.05, 3.63) is 67.1 Å². The zero-order valence-electron chi connectivity index (χ0n) is 26.2. The number of H-pyrrole nitrogens is 1. The van der Waals surface area contributed by atoms with Crippen LogP contribution in [0.2, 0.25) is 0 Å². The third-order valence-corrected chi connectivity index (χ3v) is 7.66. The molecule has 0 amide bonds. The molecule has 1 aliphatic rings. The lowest BCUT2D eigenvalue weighted by Gasteiger charge is -2.37. The maximum Gasteiger partial charge on any atom is 0.490 e. The van der Waals surface area contributed by atoms with Gasteiger partial charge in [0.15, 0.2) is 9.84 Å². The number of nitrogens with one attached hydrogen (secondary N) is 1. The third kappa shape index (κ3) is 12.9. The molecule has 0 unspecified atom stereocenters. The normalized spacial score (nSPS) is 13.4. The molecule has 5 rings (SSSR count). The number of aromatic amines is 1. The standard InChI is InChI=1S/C23H23N5O2S.3C2HF3O2/c1-31(29,30)20-5-3-19(4-6-20)27-10-12-28(13-11-27)23-8-9-24-22-7-2-17(14-21(22)23)18-15-25-26-16-18;3*3-2(4,5)1(6)7/h2-9,14-16H,10-13H2,1H3,(H,25,26);3*(H,6,7). The van der Waals surface area contributed by atoms with Crippen molar-refractivity contribution in [2.75, 3.05) is 42.2 Å². The first-order valence-corrected chi connectivity index (χ1v) is 15.8. The van der Waals surface area contributed by atoms with Gasteiger partial charge in [0, 0.05) is 67.2 Å². The zero-order chi connectivity index (χ0) is 39.7. The lowest BCUT2D eigenvalue weighted by Crippen LogP contribution is -2.46. The summed E-state index contributed by atoms with van der Waals surface area (Å²) in [5.41, 5.74) is 5.37. The van der Waals surface area contributed by atoms with Gasteiger partial charge in [-0.1, -0.05) is 6.07 Å². The molecule has 2 aromatic carbocycles. The topological polar surface area (TPSA) is 194 Å². The summed E-state index contributed by atoms with van der Waals surface area (Å²) >= 11 is 0. The quantitative estimate of drug-likeness (QED) is 0.197. The van der Waals surface area contributed by atoms with E-state index in [-0.39, 0.29) is 0 Å². The second kappa shape index (κ2) is 17.1. The Morgan fingerprint density at radius 2 is 1.17 bits per heavy atom. The van der Waals surface area contributed by atoms with E-state index in [9.17, 15) is 47.9 Å². The molecule has 4 N–H and O–H groups in total. The summed E-state index contributed by atoms with van der Waals surface area (Å²) in [6.07, 6.45) is -8.43. The van der Waals surface area contributed by atoms with Crippen LogP contribution in [0, 0.1) is 0 Å². The Morgan fingerprint density at radius 3 is 1.58 bits per heavy atom. The maximum absolute atomic E-state index is 11.7. The van der Waals surface area contributed by atoms with Gasteiger partial charge < -0.3 is 25.1 Å². The van der Waals surface area contributed by atoms with Crippen molar-refractivity contribution >= 4 is 50.0 Å². The molecule has 4 aromatic rings. The number of sulfone groups is 1. The van der Waals surface area contributed by atoms with Gasteiger partial charge in [0.25, 0.3) is 0 Å². The first-order valence-electron chi connectivity index (χ1n) is 13.9. The highest BCUT2D eigenvalue weighted by Gasteiger charge is 2.39. The molecule has 0 saturated carbocycles. The monoisotopic (exact) mass is 775 g/mol. The number of anilines is 2. The molecule has 0 spiro atoms. The van der Waals surface area contributed by atoms with Gasteiger partial charge in [-0.3, -0.25) is 10.1 Å². The Bertz CT molecular complexity index is 1870. The Morgan fingerprint density at radius 1 is 0.712 bits per heavy atom. The summed E-state index contributed by atoms with van der Waals surface area (Å²) in [6.45, 7) is 3.48. The minimum atomic E-state index is -5.08. The molecule has 13 nitrogen and oxygen atoms in total. The van der Waals surface area contributed by atoms with Crippen molar-refractivity contribution in [1.29, 1.82) is 0 Å². The van der Waals surface area contributed by atoms with Gasteiger partial charge in [0.1, 0.15) is 0 Å². The van der Waals surface area contributed by atoms with E-state index in [0.29, 0.717) is 4.90 Å². The summed E-state index contributed by atoms with van der Waals surface area (Å²) in [4.78, 5) is 36.3. The highest BCUT2D eigenvalue weighted by atomic mass is 32.2. The second-order valence-corrected chi connectivity index (χ2v) is 12.2. The van der Waals surface area contributed by atoms with Crippen molar-refractivity contribution in [3.63, 3.8) is 0 Å². The van der Waals surface area contributed by atoms with E-state index in [1.54, 1.807) is 12.1 Å². The highest BCUT2D eigenvalue weighted by molar-refractivity contribution is 7.90. The van der Waals surface area contributed by atoms with Crippen LogP contribution in [0.5, 0.6) is 0 Å². The number of piperazine rings is 1. The van der Waals surface area contributed by atoms with Crippen molar-refractivity contribution in [1.82, 2.24) is 15.2 Å². The fourth-order valence-electron chi connectivity index (χ4n) is 4.11. The minimum Gasteiger partial charge on any atom is -0.475 e. The number of carboxylic acids is 3. The fraction of sp³-hybridized carbons (Fsp3) is 0.276. The smallest absolute Gasteiger partial charge is 0.475 e. The predicted molar refractivity (Wildman–Crippen MR) is 164 cm³/mol. The van der Waals surface area contributed by atoms with Crippen LogP contribution in [0.3, 0.4) is 0 Å². The van der Waals surface area contributed by atoms with Crippen LogP contribution in [0.25, 0.3) is 22.0 Å². The molecular formula is C29H26F9N5O8S. The average Bonchev–Trinajstić information content (AvgIpc) is 3.59. The Kier molecular flexibility index (Phi) is 14.0. The van der Waals surface area contributed by atoms with Crippen LogP contribution in [-0.4, -0.2) is 108 Å². The number of pyridine rings is 1. The molecular weight excluding hydrogens is 749 g/mol. The summed E-state index contributed by atoms with van der Waals surface area (Å²) in [5.74, 6) is -8.27. The first kappa shape index (κ1) is 42.6. The van der Waals surface area contributed by atoms with Gasteiger partial charge in [-0.2, -0.15) is 44.6 Å². The third-order valence-electron chi connectivity index (χ3n) is 6.53. The molecule has 1 fully saturated rings. The lowest BCUT2D eigenvalue weighted by atomic mass is 10.0. The number of carbonyl (C=O) groups is 3. The average molecular weight is 776 g/mol. The number of hydrogen-bond acceptors (Lipinski definition) is 9. The molecule has 3 heterocycles. The molecule has 0 atom stereocenters. The Labute approximate surface area is 286 Å². The van der Waals surface area contributed by atoms with E-state index in [2.05, 4.69) is 49.2 Å². The zero-order valence-corrected chi connectivity index (χ0v) is 27.0. The molecule has 0 aliphatic carbocycles. The number of aromatic nitrogens is 3. The van der Waals surface area contributed by atoms with Crippen LogP contribution < -0.4 is 9.80 Å². The predicted octanol–water partition coefficient (Wildman–Crippen LogP) is 5.25.